The molecule has 0 radical (unpaired) electrons. The first-order valence-corrected chi connectivity index (χ1v) is 7.74. The maximum absolute atomic E-state index is 12.4. The van der Waals surface area contributed by atoms with Gasteiger partial charge in [-0.25, -0.2) is 4.98 Å². The van der Waals surface area contributed by atoms with Gasteiger partial charge in [-0.1, -0.05) is 13.8 Å². The predicted octanol–water partition coefficient (Wildman–Crippen LogP) is 2.24. The molecule has 2 heterocycles. The largest absolute Gasteiger partial charge is 0.397 e. The maximum atomic E-state index is 12.4. The number of nitrogen functional groups attached to an aromatic ring is 1. The summed E-state index contributed by atoms with van der Waals surface area (Å²) in [6.07, 6.45) is 0. The van der Waals surface area contributed by atoms with Gasteiger partial charge < -0.3 is 16.2 Å². The molecule has 0 spiro atoms. The van der Waals surface area contributed by atoms with Crippen molar-refractivity contribution >= 4 is 33.1 Å². The van der Waals surface area contributed by atoms with E-state index in [1.807, 2.05) is 33.8 Å². The van der Waals surface area contributed by atoms with Crippen molar-refractivity contribution < 1.29 is 9.90 Å². The average Bonchev–Trinajstić information content (AvgIpc) is 2.72. The van der Waals surface area contributed by atoms with Crippen LogP contribution in [-0.4, -0.2) is 28.6 Å². The molecule has 2 aromatic rings. The monoisotopic (exact) mass is 307 g/mol. The van der Waals surface area contributed by atoms with Gasteiger partial charge in [0.05, 0.1) is 18.3 Å². The molecule has 0 aliphatic carbocycles. The lowest BCUT2D eigenvalue weighted by Gasteiger charge is -2.19. The number of thiophene rings is 1. The third-order valence-corrected chi connectivity index (χ3v) is 4.65. The van der Waals surface area contributed by atoms with Crippen molar-refractivity contribution in [3.8, 4) is 0 Å². The van der Waals surface area contributed by atoms with Crippen molar-refractivity contribution in [1.29, 1.82) is 0 Å². The number of nitrogens with zero attached hydrogens (tertiary/aromatic N) is 1. The Labute approximate surface area is 128 Å². The first-order valence-electron chi connectivity index (χ1n) is 6.93. The molecular weight excluding hydrogens is 286 g/mol. The van der Waals surface area contributed by atoms with E-state index in [0.29, 0.717) is 10.6 Å². The van der Waals surface area contributed by atoms with Crippen LogP contribution in [-0.2, 0) is 0 Å². The molecule has 1 amide bonds. The van der Waals surface area contributed by atoms with Crippen LogP contribution in [0.5, 0.6) is 0 Å². The van der Waals surface area contributed by atoms with Crippen LogP contribution in [0, 0.1) is 19.8 Å². The molecule has 0 fully saturated rings. The van der Waals surface area contributed by atoms with E-state index in [4.69, 9.17) is 5.73 Å². The quantitative estimate of drug-likeness (QED) is 0.808. The lowest BCUT2D eigenvalue weighted by molar-refractivity contribution is 0.0902. The van der Waals surface area contributed by atoms with Crippen LogP contribution in [0.2, 0.25) is 0 Å². The zero-order valence-corrected chi connectivity index (χ0v) is 13.5. The Morgan fingerprint density at radius 3 is 2.71 bits per heavy atom. The number of pyridine rings is 1. The molecule has 0 aromatic carbocycles. The lowest BCUT2D eigenvalue weighted by atomic mass is 10.1. The maximum Gasteiger partial charge on any atom is 0.263 e. The van der Waals surface area contributed by atoms with Crippen molar-refractivity contribution in [1.82, 2.24) is 10.3 Å². The average molecular weight is 307 g/mol. The van der Waals surface area contributed by atoms with Gasteiger partial charge in [0, 0.05) is 11.1 Å². The minimum atomic E-state index is -0.280. The molecule has 0 aliphatic heterocycles. The Balaban J connectivity index is 2.41. The number of aryl methyl sites for hydroxylation is 2. The fraction of sp³-hybridized carbons (Fsp3) is 0.467. The fourth-order valence-corrected chi connectivity index (χ4v) is 3.41. The van der Waals surface area contributed by atoms with Crippen molar-refractivity contribution in [2.24, 2.45) is 5.92 Å². The van der Waals surface area contributed by atoms with Gasteiger partial charge in [0.1, 0.15) is 9.71 Å². The highest BCUT2D eigenvalue weighted by atomic mass is 32.1. The second-order valence-corrected chi connectivity index (χ2v) is 6.61. The summed E-state index contributed by atoms with van der Waals surface area (Å²) in [4.78, 5) is 18.1. The standard InChI is InChI=1S/C15H21N3O2S/c1-7(2)10(6-19)18-14(20)13-12(16)11-8(3)5-9(4)17-15(11)21-13/h5,7,10,19H,6,16H2,1-4H3,(H,18,20)/t10-/m1/s1. The van der Waals surface area contributed by atoms with Gasteiger partial charge in [0.25, 0.3) is 5.91 Å². The number of amides is 1. The molecule has 6 heteroatoms. The normalized spacial score (nSPS) is 12.9. The van der Waals surface area contributed by atoms with Gasteiger partial charge in [-0.15, -0.1) is 11.3 Å². The van der Waals surface area contributed by atoms with E-state index >= 15 is 0 Å². The number of aromatic nitrogens is 1. The van der Waals surface area contributed by atoms with E-state index in [1.54, 1.807) is 0 Å². The van der Waals surface area contributed by atoms with E-state index in [2.05, 4.69) is 10.3 Å². The summed E-state index contributed by atoms with van der Waals surface area (Å²) in [7, 11) is 0. The zero-order chi connectivity index (χ0) is 15.7. The number of aliphatic hydroxyl groups excluding tert-OH is 1. The van der Waals surface area contributed by atoms with Crippen molar-refractivity contribution in [3.05, 3.63) is 22.2 Å². The minimum Gasteiger partial charge on any atom is -0.397 e. The summed E-state index contributed by atoms with van der Waals surface area (Å²) in [6.45, 7) is 7.69. The van der Waals surface area contributed by atoms with Gasteiger partial charge in [-0.05, 0) is 31.4 Å². The van der Waals surface area contributed by atoms with E-state index < -0.39 is 0 Å². The smallest absolute Gasteiger partial charge is 0.263 e. The third-order valence-electron chi connectivity index (χ3n) is 3.55. The van der Waals surface area contributed by atoms with Crippen LogP contribution < -0.4 is 11.1 Å². The molecule has 4 N–H and O–H groups in total. The van der Waals surface area contributed by atoms with E-state index in [9.17, 15) is 9.90 Å². The molecule has 0 unspecified atom stereocenters. The van der Waals surface area contributed by atoms with Crippen LogP contribution in [0.1, 0.15) is 34.8 Å². The molecule has 0 bridgehead atoms. The summed E-state index contributed by atoms with van der Waals surface area (Å²) in [5, 5.41) is 13.0. The van der Waals surface area contributed by atoms with Gasteiger partial charge in [-0.3, -0.25) is 4.79 Å². The predicted molar refractivity (Wildman–Crippen MR) is 86.7 cm³/mol. The molecule has 114 valence electrons. The van der Waals surface area contributed by atoms with Gasteiger partial charge in [0.2, 0.25) is 0 Å². The van der Waals surface area contributed by atoms with Gasteiger partial charge >= 0.3 is 0 Å². The van der Waals surface area contributed by atoms with E-state index in [-0.39, 0.29) is 24.5 Å². The molecule has 0 saturated heterocycles. The Bertz CT molecular complexity index is 679. The molecule has 2 aromatic heterocycles. The third kappa shape index (κ3) is 3.01. The van der Waals surface area contributed by atoms with Crippen LogP contribution in [0.3, 0.4) is 0 Å². The summed E-state index contributed by atoms with van der Waals surface area (Å²) in [5.74, 6) is -0.100. The number of rotatable bonds is 4. The van der Waals surface area contributed by atoms with E-state index in [1.165, 1.54) is 11.3 Å². The van der Waals surface area contributed by atoms with Crippen LogP contribution in [0.15, 0.2) is 6.07 Å². The number of carbonyl (C=O) groups is 1. The second-order valence-electron chi connectivity index (χ2n) is 5.61. The summed E-state index contributed by atoms with van der Waals surface area (Å²) >= 11 is 1.29. The zero-order valence-electron chi connectivity index (χ0n) is 12.7. The van der Waals surface area contributed by atoms with E-state index in [0.717, 1.165) is 21.5 Å². The van der Waals surface area contributed by atoms with Crippen LogP contribution in [0.4, 0.5) is 5.69 Å². The number of nitrogens with one attached hydrogen (secondary N) is 1. The Morgan fingerprint density at radius 1 is 1.48 bits per heavy atom. The molecule has 0 saturated carbocycles. The Morgan fingerprint density at radius 2 is 2.14 bits per heavy atom. The number of fused-ring (bicyclic) bond motifs is 1. The second kappa shape index (κ2) is 5.99. The number of anilines is 1. The van der Waals surface area contributed by atoms with Crippen molar-refractivity contribution in [2.45, 2.75) is 33.7 Å². The number of aliphatic hydroxyl groups is 1. The van der Waals surface area contributed by atoms with Crippen LogP contribution >= 0.6 is 11.3 Å². The van der Waals surface area contributed by atoms with Crippen molar-refractivity contribution in [3.63, 3.8) is 0 Å². The Hall–Kier alpha value is -1.66. The topological polar surface area (TPSA) is 88.2 Å². The molecule has 1 atom stereocenters. The number of nitrogens with two attached hydrogens (primary N) is 1. The number of hydrogen-bond acceptors (Lipinski definition) is 5. The fourth-order valence-electron chi connectivity index (χ4n) is 2.29. The number of hydrogen-bond donors (Lipinski definition) is 3. The highest BCUT2D eigenvalue weighted by molar-refractivity contribution is 7.21. The molecule has 0 aliphatic rings. The highest BCUT2D eigenvalue weighted by Gasteiger charge is 2.22. The first-order chi connectivity index (χ1) is 9.85. The highest BCUT2D eigenvalue weighted by Crippen LogP contribution is 2.34. The summed E-state index contributed by atoms with van der Waals surface area (Å²) in [5.41, 5.74) is 8.53. The summed E-state index contributed by atoms with van der Waals surface area (Å²) < 4.78 is 0. The first kappa shape index (κ1) is 15.7. The van der Waals surface area contributed by atoms with Gasteiger partial charge in [0.15, 0.2) is 0 Å². The molecule has 5 nitrogen and oxygen atoms in total. The molecule has 21 heavy (non-hydrogen) atoms. The minimum absolute atomic E-state index is 0.0927. The summed E-state index contributed by atoms with van der Waals surface area (Å²) in [6, 6.07) is 1.68. The molecular formula is C15H21N3O2S. The van der Waals surface area contributed by atoms with Gasteiger partial charge in [-0.2, -0.15) is 0 Å². The van der Waals surface area contributed by atoms with Crippen LogP contribution in [0.25, 0.3) is 10.2 Å². The van der Waals surface area contributed by atoms with Crippen molar-refractivity contribution in [2.75, 3.05) is 12.3 Å². The Kier molecular flexibility index (Phi) is 4.49. The molecule has 2 rings (SSSR count). The number of carbonyl (C=O) groups excluding carboxylic acids is 1. The lowest BCUT2D eigenvalue weighted by Crippen LogP contribution is -2.41. The SMILES string of the molecule is Cc1cc(C)c2c(N)c(C(=O)N[C@H](CO)C(C)C)sc2n1.